The van der Waals surface area contributed by atoms with Gasteiger partial charge in [0.05, 0.1) is 12.9 Å². The minimum Gasteiger partial charge on any atom is -0.486 e. The van der Waals surface area contributed by atoms with E-state index in [0.29, 0.717) is 13.0 Å². The number of aryl methyl sites for hydroxylation is 1. The summed E-state index contributed by atoms with van der Waals surface area (Å²) < 4.78 is 10.8. The number of allylic oxidation sites excluding steroid dienone is 1. The van der Waals surface area contributed by atoms with Crippen molar-refractivity contribution in [1.82, 2.24) is 0 Å². The SMILES string of the molecule is CC(=COC(C)C(=O)OCCc1ccccc1)c1ccc(C)cc1. The predicted molar refractivity (Wildman–Crippen MR) is 96.5 cm³/mol. The molecule has 0 amide bonds. The van der Waals surface area contributed by atoms with E-state index in [0.717, 1.165) is 16.7 Å². The molecule has 2 aromatic rings. The third-order valence-electron chi connectivity index (χ3n) is 3.77. The molecular formula is C21H24O3. The Balaban J connectivity index is 1.78. The van der Waals surface area contributed by atoms with E-state index in [1.807, 2.05) is 68.4 Å². The molecule has 0 N–H and O–H groups in total. The summed E-state index contributed by atoms with van der Waals surface area (Å²) in [5, 5.41) is 0. The van der Waals surface area contributed by atoms with Gasteiger partial charge in [-0.25, -0.2) is 4.79 Å². The van der Waals surface area contributed by atoms with E-state index in [-0.39, 0.29) is 5.97 Å². The van der Waals surface area contributed by atoms with Crippen LogP contribution in [0.2, 0.25) is 0 Å². The van der Waals surface area contributed by atoms with Crippen molar-refractivity contribution in [2.45, 2.75) is 33.3 Å². The molecule has 0 heterocycles. The number of benzene rings is 2. The monoisotopic (exact) mass is 324 g/mol. The first kappa shape index (κ1) is 17.8. The lowest BCUT2D eigenvalue weighted by atomic mass is 10.1. The highest BCUT2D eigenvalue weighted by molar-refractivity contribution is 5.74. The molecule has 0 fully saturated rings. The van der Waals surface area contributed by atoms with Crippen molar-refractivity contribution in [2.24, 2.45) is 0 Å². The second kappa shape index (κ2) is 8.92. The van der Waals surface area contributed by atoms with Crippen LogP contribution in [0.3, 0.4) is 0 Å². The Hall–Kier alpha value is -2.55. The van der Waals surface area contributed by atoms with Crippen LogP contribution in [-0.2, 0) is 20.7 Å². The molecule has 2 rings (SSSR count). The maximum Gasteiger partial charge on any atom is 0.347 e. The van der Waals surface area contributed by atoms with Crippen molar-refractivity contribution in [3.63, 3.8) is 0 Å². The fourth-order valence-electron chi connectivity index (χ4n) is 2.18. The highest BCUT2D eigenvalue weighted by Crippen LogP contribution is 2.15. The average Bonchev–Trinajstić information content (AvgIpc) is 2.60. The van der Waals surface area contributed by atoms with Gasteiger partial charge in [0.2, 0.25) is 0 Å². The zero-order valence-corrected chi connectivity index (χ0v) is 14.5. The molecule has 0 radical (unpaired) electrons. The largest absolute Gasteiger partial charge is 0.486 e. The molecule has 3 heteroatoms. The molecular weight excluding hydrogens is 300 g/mol. The molecule has 1 atom stereocenters. The summed E-state index contributed by atoms with van der Waals surface area (Å²) in [6, 6.07) is 18.1. The van der Waals surface area contributed by atoms with E-state index in [1.54, 1.807) is 13.2 Å². The number of esters is 1. The van der Waals surface area contributed by atoms with Gasteiger partial charge in [-0.1, -0.05) is 60.2 Å². The number of hydrogen-bond donors (Lipinski definition) is 0. The Labute approximate surface area is 143 Å². The third-order valence-corrected chi connectivity index (χ3v) is 3.77. The maximum atomic E-state index is 12.0. The van der Waals surface area contributed by atoms with Gasteiger partial charge in [-0.15, -0.1) is 0 Å². The summed E-state index contributed by atoms with van der Waals surface area (Å²) in [6.45, 7) is 6.06. The Bertz CT molecular complexity index is 672. The lowest BCUT2D eigenvalue weighted by molar-refractivity contribution is -0.152. The van der Waals surface area contributed by atoms with Gasteiger partial charge in [0, 0.05) is 6.42 Å². The minimum atomic E-state index is -0.624. The van der Waals surface area contributed by atoms with Gasteiger partial charge in [0.15, 0.2) is 6.10 Å². The van der Waals surface area contributed by atoms with Crippen LogP contribution < -0.4 is 0 Å². The predicted octanol–water partition coefficient (Wildman–Crippen LogP) is 4.55. The molecule has 3 nitrogen and oxygen atoms in total. The molecule has 0 saturated heterocycles. The summed E-state index contributed by atoms with van der Waals surface area (Å²) in [5.41, 5.74) is 4.40. The lowest BCUT2D eigenvalue weighted by Gasteiger charge is -2.12. The van der Waals surface area contributed by atoms with Crippen molar-refractivity contribution in [3.05, 3.63) is 77.5 Å². The summed E-state index contributed by atoms with van der Waals surface area (Å²) >= 11 is 0. The first-order valence-electron chi connectivity index (χ1n) is 8.16. The van der Waals surface area contributed by atoms with Gasteiger partial charge in [-0.2, -0.15) is 0 Å². The fourth-order valence-corrected chi connectivity index (χ4v) is 2.18. The van der Waals surface area contributed by atoms with Crippen LogP contribution in [-0.4, -0.2) is 18.7 Å². The van der Waals surface area contributed by atoms with Gasteiger partial charge in [-0.3, -0.25) is 0 Å². The number of hydrogen-bond acceptors (Lipinski definition) is 3. The van der Waals surface area contributed by atoms with E-state index in [1.165, 1.54) is 5.56 Å². The summed E-state index contributed by atoms with van der Waals surface area (Å²) in [6.07, 6.45) is 1.70. The van der Waals surface area contributed by atoms with Crippen molar-refractivity contribution in [3.8, 4) is 0 Å². The first-order chi connectivity index (χ1) is 11.6. The number of carbonyl (C=O) groups excluding carboxylic acids is 1. The number of ether oxygens (including phenoxy) is 2. The van der Waals surface area contributed by atoms with Crippen molar-refractivity contribution in [1.29, 1.82) is 0 Å². The standard InChI is InChI=1S/C21H24O3/c1-16-9-11-20(12-10-16)17(2)15-24-18(3)21(22)23-14-13-19-7-5-4-6-8-19/h4-12,15,18H,13-14H2,1-3H3. The number of carbonyl (C=O) groups is 1. The topological polar surface area (TPSA) is 35.5 Å². The zero-order chi connectivity index (χ0) is 17.4. The Morgan fingerprint density at radius 2 is 1.75 bits per heavy atom. The van der Waals surface area contributed by atoms with Crippen molar-refractivity contribution in [2.75, 3.05) is 6.61 Å². The zero-order valence-electron chi connectivity index (χ0n) is 14.5. The van der Waals surface area contributed by atoms with E-state index in [2.05, 4.69) is 0 Å². The highest BCUT2D eigenvalue weighted by atomic mass is 16.6. The molecule has 2 aromatic carbocycles. The minimum absolute atomic E-state index is 0.348. The van der Waals surface area contributed by atoms with E-state index in [9.17, 15) is 4.79 Å². The molecule has 126 valence electrons. The summed E-state index contributed by atoms with van der Waals surface area (Å²) in [7, 11) is 0. The second-order valence-corrected chi connectivity index (χ2v) is 5.85. The van der Waals surface area contributed by atoms with Crippen LogP contribution in [0, 0.1) is 6.92 Å². The van der Waals surface area contributed by atoms with Gasteiger partial charge < -0.3 is 9.47 Å². The average molecular weight is 324 g/mol. The second-order valence-electron chi connectivity index (χ2n) is 5.85. The molecule has 0 saturated carbocycles. The highest BCUT2D eigenvalue weighted by Gasteiger charge is 2.14. The quantitative estimate of drug-likeness (QED) is 0.554. The van der Waals surface area contributed by atoms with Crippen molar-refractivity contribution >= 4 is 11.5 Å². The third kappa shape index (κ3) is 5.58. The van der Waals surface area contributed by atoms with E-state index >= 15 is 0 Å². The van der Waals surface area contributed by atoms with Crippen LogP contribution in [0.4, 0.5) is 0 Å². The molecule has 0 spiro atoms. The van der Waals surface area contributed by atoms with E-state index < -0.39 is 6.10 Å². The van der Waals surface area contributed by atoms with Crippen LogP contribution in [0.15, 0.2) is 60.9 Å². The van der Waals surface area contributed by atoms with Crippen LogP contribution >= 0.6 is 0 Å². The Morgan fingerprint density at radius 1 is 1.08 bits per heavy atom. The van der Waals surface area contributed by atoms with Gasteiger partial charge in [0.25, 0.3) is 0 Å². The van der Waals surface area contributed by atoms with E-state index in [4.69, 9.17) is 9.47 Å². The van der Waals surface area contributed by atoms with Gasteiger partial charge in [-0.05, 0) is 37.5 Å². The van der Waals surface area contributed by atoms with Gasteiger partial charge >= 0.3 is 5.97 Å². The molecule has 0 aliphatic carbocycles. The Kier molecular flexibility index (Phi) is 6.62. The Morgan fingerprint density at radius 3 is 2.42 bits per heavy atom. The molecule has 0 aliphatic rings. The molecule has 0 aromatic heterocycles. The maximum absolute atomic E-state index is 12.0. The first-order valence-corrected chi connectivity index (χ1v) is 8.16. The van der Waals surface area contributed by atoms with Gasteiger partial charge in [0.1, 0.15) is 0 Å². The van der Waals surface area contributed by atoms with Crippen LogP contribution in [0.25, 0.3) is 5.57 Å². The van der Waals surface area contributed by atoms with Crippen molar-refractivity contribution < 1.29 is 14.3 Å². The van der Waals surface area contributed by atoms with Crippen LogP contribution in [0.5, 0.6) is 0 Å². The number of rotatable bonds is 7. The summed E-state index contributed by atoms with van der Waals surface area (Å²) in [5.74, 6) is -0.348. The van der Waals surface area contributed by atoms with Crippen LogP contribution in [0.1, 0.15) is 30.5 Å². The molecule has 0 aliphatic heterocycles. The molecule has 1 unspecified atom stereocenters. The fraction of sp³-hybridized carbons (Fsp3) is 0.286. The normalized spacial score (nSPS) is 12.5. The summed E-state index contributed by atoms with van der Waals surface area (Å²) in [4.78, 5) is 12.0. The lowest BCUT2D eigenvalue weighted by Crippen LogP contribution is -2.22. The molecule has 0 bridgehead atoms. The smallest absolute Gasteiger partial charge is 0.347 e. The molecule has 24 heavy (non-hydrogen) atoms.